The van der Waals surface area contributed by atoms with E-state index in [1.54, 1.807) is 0 Å². The van der Waals surface area contributed by atoms with Crippen molar-refractivity contribution >= 4 is 16.9 Å². The molecule has 0 radical (unpaired) electrons. The van der Waals surface area contributed by atoms with Crippen LogP contribution in [0.3, 0.4) is 0 Å². The maximum Gasteiger partial charge on any atom is 0.0462 e. The van der Waals surface area contributed by atoms with Crippen LogP contribution in [0.15, 0.2) is 246 Å². The van der Waals surface area contributed by atoms with Gasteiger partial charge in [-0.3, -0.25) is 0 Å². The lowest BCUT2D eigenvalue weighted by Gasteiger charge is -2.32. The highest BCUT2D eigenvalue weighted by atomic mass is 15.1. The van der Waals surface area contributed by atoms with Crippen molar-refractivity contribution in [2.75, 3.05) is 11.9 Å². The lowest BCUT2D eigenvalue weighted by atomic mass is 9.76. The molecule has 85 heavy (non-hydrogen) atoms. The standard InChI is InChI=1S/C62H66N2.C15H14.3C2H6/c1-12-20-53-46(13-2)51-37-41(27-33-55(51)60(53,5)6)26-30-48-50-32-29-45(40-58(50)62(9,10)56(48)34-36-63-11)64(43-22-18-19-35-59(3,4)52-24-16-14-21-42(52)38-43)44-28-31-49-47-23-15-17-25-54(47)61(7,8)57(49)39-44;1-15(2)13-9-5-3-7-11(13)12-8-4-6-10-14(12)15;3*1-2/h12-26,28-32,34,36-37,39-40,63H,2,27,33,35,38H2,1,3-11H3;3-10H,1-2H3;3*1-2H3/b19-18-,20-12-,30-26-,36-34+,43-22+;;;;. The average molecular weight is 1120 g/mol. The molecule has 440 valence electrons. The van der Waals surface area contributed by atoms with Gasteiger partial charge in [0.05, 0.1) is 0 Å². The molecule has 0 heterocycles. The van der Waals surface area contributed by atoms with Crippen LogP contribution in [0.1, 0.15) is 181 Å². The zero-order chi connectivity index (χ0) is 61.6. The molecule has 0 atom stereocenters. The Balaban J connectivity index is 0.000000379. The van der Waals surface area contributed by atoms with Gasteiger partial charge in [-0.1, -0.05) is 281 Å². The van der Waals surface area contributed by atoms with Crippen molar-refractivity contribution in [2.45, 2.75) is 165 Å². The van der Waals surface area contributed by atoms with Crippen LogP contribution in [0.25, 0.3) is 27.8 Å². The van der Waals surface area contributed by atoms with E-state index in [4.69, 9.17) is 0 Å². The summed E-state index contributed by atoms with van der Waals surface area (Å²) in [4.78, 5) is 2.56. The summed E-state index contributed by atoms with van der Waals surface area (Å²) in [6.07, 6.45) is 29.0. The van der Waals surface area contributed by atoms with Crippen LogP contribution >= 0.6 is 0 Å². The largest absolute Gasteiger partial charge is 0.394 e. The molecule has 1 N–H and O–H groups in total. The second kappa shape index (κ2) is 25.9. The third-order valence-corrected chi connectivity index (χ3v) is 18.7. The van der Waals surface area contributed by atoms with Crippen molar-refractivity contribution in [1.29, 1.82) is 0 Å². The summed E-state index contributed by atoms with van der Waals surface area (Å²) in [5, 5.41) is 3.30. The van der Waals surface area contributed by atoms with Crippen LogP contribution in [-0.2, 0) is 28.1 Å². The van der Waals surface area contributed by atoms with Crippen LogP contribution in [0.2, 0.25) is 0 Å². The fourth-order valence-corrected chi connectivity index (χ4v) is 14.4. The molecule has 0 bridgehead atoms. The molecule has 0 unspecified atom stereocenters. The molecule has 6 aliphatic carbocycles. The van der Waals surface area contributed by atoms with Crippen molar-refractivity contribution in [1.82, 2.24) is 5.32 Å². The predicted molar refractivity (Wildman–Crippen MR) is 373 cm³/mol. The number of rotatable bonds is 9. The molecule has 0 spiro atoms. The number of fused-ring (bicyclic) bond motifs is 8. The molecule has 0 aliphatic heterocycles. The Hall–Kier alpha value is -7.68. The highest BCUT2D eigenvalue weighted by Crippen LogP contribution is 2.55. The zero-order valence-corrected chi connectivity index (χ0v) is 55.0. The van der Waals surface area contributed by atoms with Gasteiger partial charge in [0, 0.05) is 52.2 Å². The quantitative estimate of drug-likeness (QED) is 0.155. The summed E-state index contributed by atoms with van der Waals surface area (Å²) in [5.74, 6) is 0. The van der Waals surface area contributed by atoms with E-state index in [1.165, 1.54) is 123 Å². The Morgan fingerprint density at radius 1 is 0.494 bits per heavy atom. The van der Waals surface area contributed by atoms with E-state index in [2.05, 4.69) is 293 Å². The number of hydrogen-bond donors (Lipinski definition) is 1. The van der Waals surface area contributed by atoms with Crippen molar-refractivity contribution in [3.8, 4) is 22.3 Å². The number of nitrogens with one attached hydrogen (secondary N) is 1. The van der Waals surface area contributed by atoms with Crippen molar-refractivity contribution in [3.05, 3.63) is 291 Å². The first-order chi connectivity index (χ1) is 40.8. The topological polar surface area (TPSA) is 15.3 Å². The molecule has 6 aromatic rings. The number of allylic oxidation sites excluding steroid dienone is 18. The van der Waals surface area contributed by atoms with Gasteiger partial charge in [0.2, 0.25) is 0 Å². The van der Waals surface area contributed by atoms with E-state index < -0.39 is 0 Å². The van der Waals surface area contributed by atoms with Gasteiger partial charge in [0.1, 0.15) is 0 Å². The van der Waals surface area contributed by atoms with E-state index in [0.29, 0.717) is 0 Å². The number of anilines is 2. The van der Waals surface area contributed by atoms with E-state index >= 15 is 0 Å². The Morgan fingerprint density at radius 3 is 1.54 bits per heavy atom. The van der Waals surface area contributed by atoms with Gasteiger partial charge in [-0.2, -0.15) is 0 Å². The highest BCUT2D eigenvalue weighted by Gasteiger charge is 2.41. The Morgan fingerprint density at radius 2 is 0.988 bits per heavy atom. The summed E-state index contributed by atoms with van der Waals surface area (Å²) in [6, 6.07) is 50.0. The summed E-state index contributed by atoms with van der Waals surface area (Å²) >= 11 is 0. The molecule has 0 aromatic heterocycles. The molecule has 0 saturated heterocycles. The van der Waals surface area contributed by atoms with E-state index in [9.17, 15) is 0 Å². The molecule has 0 amide bonds. The van der Waals surface area contributed by atoms with Gasteiger partial charge in [0.25, 0.3) is 0 Å². The van der Waals surface area contributed by atoms with Crippen molar-refractivity contribution in [2.24, 2.45) is 5.41 Å². The molecule has 0 fully saturated rings. The minimum absolute atomic E-state index is 0.00721. The molecule has 6 aromatic carbocycles. The van der Waals surface area contributed by atoms with Gasteiger partial charge in [-0.25, -0.2) is 0 Å². The lowest BCUT2D eigenvalue weighted by Crippen LogP contribution is -2.23. The minimum atomic E-state index is -0.249. The molecule has 6 aliphatic rings. The second-order valence-corrected chi connectivity index (χ2v) is 25.4. The molecule has 12 rings (SSSR count). The summed E-state index contributed by atoms with van der Waals surface area (Å²) < 4.78 is 0. The second-order valence-electron chi connectivity index (χ2n) is 25.4. The maximum atomic E-state index is 4.27. The van der Waals surface area contributed by atoms with Crippen LogP contribution in [0.5, 0.6) is 0 Å². The SMILES string of the molecule is C=CC1=C(/C=C\C)C(C)(C)C2=C1C=C(/C=C\C1=C(/C=C/NC)C(C)(C)c3cc(N(/C4=C/C=C\CC(C)(C)c5ccccc5C4)c4ccc5c(c4)C(C)(C)c4ccccc4-5)ccc31)CC2.CC.CC.CC.CC1(C)c2ccccc2-c2ccccc21. The van der Waals surface area contributed by atoms with E-state index in [-0.39, 0.29) is 27.1 Å². The average Bonchev–Trinajstić information content (AvgIpc) is 3.04. The first kappa shape index (κ1) is 63.3. The fourth-order valence-electron chi connectivity index (χ4n) is 14.4. The molecular formula is C83H98N2. The third-order valence-electron chi connectivity index (χ3n) is 18.7. The van der Waals surface area contributed by atoms with Gasteiger partial charge < -0.3 is 10.2 Å². The van der Waals surface area contributed by atoms with Gasteiger partial charge in [-0.15, -0.1) is 0 Å². The van der Waals surface area contributed by atoms with Crippen molar-refractivity contribution < 1.29 is 0 Å². The maximum absolute atomic E-state index is 4.27. The Kier molecular flexibility index (Phi) is 19.3. The zero-order valence-electron chi connectivity index (χ0n) is 55.0. The third kappa shape index (κ3) is 11.5. The smallest absolute Gasteiger partial charge is 0.0462 e. The first-order valence-electron chi connectivity index (χ1n) is 31.9. The molecule has 0 saturated carbocycles. The normalized spacial score (nSPS) is 19.1. The minimum Gasteiger partial charge on any atom is -0.394 e. The fraction of sp³-hybridized carbons (Fsp3) is 0.325. The summed E-state index contributed by atoms with van der Waals surface area (Å²) in [5.41, 5.74) is 29.5. The van der Waals surface area contributed by atoms with Gasteiger partial charge in [-0.05, 0) is 174 Å². The van der Waals surface area contributed by atoms with E-state index in [1.807, 2.05) is 48.6 Å². The first-order valence-corrected chi connectivity index (χ1v) is 31.9. The Labute approximate surface area is 514 Å². The molecule has 2 heteroatoms. The lowest BCUT2D eigenvalue weighted by molar-refractivity contribution is 0.529. The van der Waals surface area contributed by atoms with Crippen LogP contribution < -0.4 is 10.2 Å². The van der Waals surface area contributed by atoms with Gasteiger partial charge >= 0.3 is 0 Å². The van der Waals surface area contributed by atoms with E-state index in [0.717, 1.165) is 25.7 Å². The van der Waals surface area contributed by atoms with Crippen LogP contribution in [0.4, 0.5) is 11.4 Å². The van der Waals surface area contributed by atoms with Crippen molar-refractivity contribution in [3.63, 3.8) is 0 Å². The molecular weight excluding hydrogens is 1020 g/mol. The Bertz CT molecular complexity index is 3710. The summed E-state index contributed by atoms with van der Waals surface area (Å²) in [7, 11) is 1.99. The molecule has 2 nitrogen and oxygen atoms in total. The number of hydrogen-bond acceptors (Lipinski definition) is 2. The van der Waals surface area contributed by atoms with Crippen LogP contribution in [-0.4, -0.2) is 7.05 Å². The van der Waals surface area contributed by atoms with Gasteiger partial charge in [0.15, 0.2) is 0 Å². The number of nitrogens with zero attached hydrogens (tertiary/aromatic N) is 1. The number of benzene rings is 6. The highest BCUT2D eigenvalue weighted by molar-refractivity contribution is 5.91. The monoisotopic (exact) mass is 1120 g/mol. The summed E-state index contributed by atoms with van der Waals surface area (Å²) in [6.45, 7) is 42.1. The predicted octanol–water partition coefficient (Wildman–Crippen LogP) is 23.0. The van der Waals surface area contributed by atoms with Crippen LogP contribution in [0, 0.1) is 5.41 Å².